The molecule has 2 N–H and O–H groups in total. The smallest absolute Gasteiger partial charge is 0.306 e. The number of amides is 1. The van der Waals surface area contributed by atoms with Crippen molar-refractivity contribution in [3.8, 4) is 6.07 Å². The van der Waals surface area contributed by atoms with Gasteiger partial charge in [0.15, 0.2) is 0 Å². The predicted octanol–water partition coefficient (Wildman–Crippen LogP) is 4.56. The van der Waals surface area contributed by atoms with Gasteiger partial charge in [-0.1, -0.05) is 33.6 Å². The van der Waals surface area contributed by atoms with Gasteiger partial charge in [-0.3, -0.25) is 9.59 Å². The summed E-state index contributed by atoms with van der Waals surface area (Å²) in [4.78, 5) is 27.8. The molecule has 0 radical (unpaired) electrons. The van der Waals surface area contributed by atoms with E-state index in [0.29, 0.717) is 43.7 Å². The van der Waals surface area contributed by atoms with Gasteiger partial charge in [-0.05, 0) is 81.1 Å². The molecule has 6 unspecified atom stereocenters. The molecule has 1 aliphatic heterocycles. The summed E-state index contributed by atoms with van der Waals surface area (Å²) < 4.78 is 6.28. The third-order valence-corrected chi connectivity index (χ3v) is 8.07. The number of ether oxygens (including phenoxy) is 1. The number of hydrogen-bond acceptors (Lipinski definition) is 5. The quantitative estimate of drug-likeness (QED) is 0.414. The van der Waals surface area contributed by atoms with Crippen molar-refractivity contribution in [1.29, 1.82) is 5.26 Å². The fourth-order valence-corrected chi connectivity index (χ4v) is 6.98. The fourth-order valence-electron chi connectivity index (χ4n) is 6.98. The van der Waals surface area contributed by atoms with E-state index in [1.54, 1.807) is 4.90 Å². The van der Waals surface area contributed by atoms with E-state index in [4.69, 9.17) is 10.5 Å². The maximum absolute atomic E-state index is 13.3. The molecule has 0 aromatic carbocycles. The second-order valence-corrected chi connectivity index (χ2v) is 11.4. The van der Waals surface area contributed by atoms with Crippen LogP contribution in [0.4, 0.5) is 0 Å². The zero-order valence-electron chi connectivity index (χ0n) is 20.4. The number of hydrogen-bond donors (Lipinski definition) is 1. The van der Waals surface area contributed by atoms with Crippen LogP contribution in [0.1, 0.15) is 97.8 Å². The van der Waals surface area contributed by atoms with Crippen LogP contribution in [-0.4, -0.2) is 41.5 Å². The fraction of sp³-hybridized carbons (Fsp3) is 0.885. The first-order chi connectivity index (χ1) is 15.2. The van der Waals surface area contributed by atoms with Crippen molar-refractivity contribution in [1.82, 2.24) is 4.90 Å². The van der Waals surface area contributed by atoms with E-state index in [1.165, 1.54) is 0 Å². The molecule has 180 valence electrons. The minimum absolute atomic E-state index is 0.0917. The minimum Gasteiger partial charge on any atom is -0.459 e. The highest BCUT2D eigenvalue weighted by Crippen LogP contribution is 2.56. The molecule has 3 fully saturated rings. The Balaban J connectivity index is 1.70. The van der Waals surface area contributed by atoms with Crippen LogP contribution in [-0.2, 0) is 14.3 Å². The van der Waals surface area contributed by atoms with Gasteiger partial charge in [0.05, 0.1) is 6.07 Å². The summed E-state index contributed by atoms with van der Waals surface area (Å²) in [7, 11) is 0. The molecule has 6 nitrogen and oxygen atoms in total. The first-order valence-corrected chi connectivity index (χ1v) is 12.8. The maximum atomic E-state index is 13.3. The highest BCUT2D eigenvalue weighted by atomic mass is 16.6. The lowest BCUT2D eigenvalue weighted by atomic mass is 9.56. The summed E-state index contributed by atoms with van der Waals surface area (Å²) in [5.74, 6) is 1.46. The molecule has 6 atom stereocenters. The Hall–Kier alpha value is -1.61. The largest absolute Gasteiger partial charge is 0.459 e. The Kier molecular flexibility index (Phi) is 8.25. The molecule has 0 aromatic rings. The van der Waals surface area contributed by atoms with E-state index in [-0.39, 0.29) is 23.3 Å². The molecular formula is C26H43N3O3. The molecule has 0 aromatic heterocycles. The van der Waals surface area contributed by atoms with Crippen molar-refractivity contribution in [2.24, 2.45) is 28.9 Å². The average molecular weight is 446 g/mol. The van der Waals surface area contributed by atoms with E-state index in [2.05, 4.69) is 26.8 Å². The van der Waals surface area contributed by atoms with Crippen LogP contribution in [0.5, 0.6) is 0 Å². The maximum Gasteiger partial charge on any atom is 0.306 e. The van der Waals surface area contributed by atoms with E-state index in [9.17, 15) is 14.9 Å². The summed E-state index contributed by atoms with van der Waals surface area (Å²) in [6.45, 7) is 7.88. The third kappa shape index (κ3) is 6.04. The summed E-state index contributed by atoms with van der Waals surface area (Å²) in [5, 5.41) is 9.50. The highest BCUT2D eigenvalue weighted by molar-refractivity contribution is 5.78. The number of likely N-dealkylation sites (tertiary alicyclic amines) is 1. The number of carbonyl (C=O) groups is 2. The predicted molar refractivity (Wildman–Crippen MR) is 124 cm³/mol. The van der Waals surface area contributed by atoms with Gasteiger partial charge in [0, 0.05) is 19.4 Å². The number of fused-ring (bicyclic) bond motifs is 2. The molecule has 2 saturated carbocycles. The topological polar surface area (TPSA) is 96.4 Å². The second-order valence-electron chi connectivity index (χ2n) is 11.4. The van der Waals surface area contributed by atoms with Gasteiger partial charge in [-0.15, -0.1) is 0 Å². The standard InChI is InChI=1S/C26H43N3O3/c1-4-20-11-21-12-25(3,15-23(30)29-17-19(2)10-22(29)16-28)18-26(13-20,14-21)32-24(31)8-6-5-7-9-27/h19-22H,4-15,17-18,27H2,1-3H3. The van der Waals surface area contributed by atoms with Gasteiger partial charge in [0.25, 0.3) is 0 Å². The molecular weight excluding hydrogens is 402 g/mol. The van der Waals surface area contributed by atoms with Crippen molar-refractivity contribution >= 4 is 11.9 Å². The Morgan fingerprint density at radius 1 is 1.19 bits per heavy atom. The minimum atomic E-state index is -0.436. The number of unbranched alkanes of at least 4 members (excludes halogenated alkanes) is 2. The molecule has 1 heterocycles. The van der Waals surface area contributed by atoms with Crippen LogP contribution in [0.25, 0.3) is 0 Å². The summed E-state index contributed by atoms with van der Waals surface area (Å²) in [5.41, 5.74) is 4.94. The SMILES string of the molecule is CCC1CC2CC(C)(CC(=O)N3CC(C)CC3C#N)CC(OC(=O)CCCCCN)(C1)C2. The van der Waals surface area contributed by atoms with Gasteiger partial charge < -0.3 is 15.4 Å². The van der Waals surface area contributed by atoms with Crippen molar-refractivity contribution in [2.45, 2.75) is 109 Å². The molecule has 1 amide bonds. The van der Waals surface area contributed by atoms with E-state index in [0.717, 1.165) is 64.2 Å². The molecule has 1 saturated heterocycles. The number of carbonyl (C=O) groups excluding carboxylic acids is 2. The Labute approximate surface area is 194 Å². The first-order valence-electron chi connectivity index (χ1n) is 12.8. The summed E-state index contributed by atoms with van der Waals surface area (Å²) in [6.07, 6.45) is 10.3. The van der Waals surface area contributed by atoms with Crippen LogP contribution < -0.4 is 5.73 Å². The zero-order chi connectivity index (χ0) is 23.4. The monoisotopic (exact) mass is 445 g/mol. The number of rotatable bonds is 9. The molecule has 3 aliphatic rings. The average Bonchev–Trinajstić information content (AvgIpc) is 3.10. The van der Waals surface area contributed by atoms with E-state index in [1.807, 2.05) is 0 Å². The lowest BCUT2D eigenvalue weighted by Gasteiger charge is -2.54. The van der Waals surface area contributed by atoms with Crippen LogP contribution in [0, 0.1) is 34.5 Å². The van der Waals surface area contributed by atoms with E-state index >= 15 is 0 Å². The molecule has 2 aliphatic carbocycles. The lowest BCUT2D eigenvalue weighted by Crippen LogP contribution is -2.52. The number of esters is 1. The first kappa shape index (κ1) is 25.0. The van der Waals surface area contributed by atoms with Crippen molar-refractivity contribution in [3.63, 3.8) is 0 Å². The van der Waals surface area contributed by atoms with Gasteiger partial charge in [-0.2, -0.15) is 5.26 Å². The zero-order valence-corrected chi connectivity index (χ0v) is 20.4. The molecule has 2 bridgehead atoms. The van der Waals surface area contributed by atoms with Gasteiger partial charge in [0.2, 0.25) is 5.91 Å². The van der Waals surface area contributed by atoms with Crippen LogP contribution in [0.3, 0.4) is 0 Å². The molecule has 6 heteroatoms. The Bertz CT molecular complexity index is 720. The Morgan fingerprint density at radius 3 is 2.66 bits per heavy atom. The second kappa shape index (κ2) is 10.5. The highest BCUT2D eigenvalue weighted by Gasteiger charge is 2.53. The van der Waals surface area contributed by atoms with Crippen LogP contribution >= 0.6 is 0 Å². The van der Waals surface area contributed by atoms with Crippen LogP contribution in [0.15, 0.2) is 0 Å². The number of nitrogens with two attached hydrogens (primary N) is 1. The molecule has 32 heavy (non-hydrogen) atoms. The molecule has 0 spiro atoms. The summed E-state index contributed by atoms with van der Waals surface area (Å²) in [6, 6.07) is 2.02. The van der Waals surface area contributed by atoms with Crippen molar-refractivity contribution < 1.29 is 14.3 Å². The number of nitrogens with zero attached hydrogens (tertiary/aromatic N) is 2. The van der Waals surface area contributed by atoms with Gasteiger partial charge >= 0.3 is 5.97 Å². The lowest BCUT2D eigenvalue weighted by molar-refractivity contribution is -0.183. The number of nitriles is 1. The third-order valence-electron chi connectivity index (χ3n) is 8.07. The normalized spacial score (nSPS) is 36.5. The Morgan fingerprint density at radius 2 is 1.97 bits per heavy atom. The van der Waals surface area contributed by atoms with Crippen molar-refractivity contribution in [2.75, 3.05) is 13.1 Å². The summed E-state index contributed by atoms with van der Waals surface area (Å²) >= 11 is 0. The molecule has 3 rings (SSSR count). The van der Waals surface area contributed by atoms with Crippen LogP contribution in [0.2, 0.25) is 0 Å². The van der Waals surface area contributed by atoms with Gasteiger partial charge in [0.1, 0.15) is 11.6 Å². The van der Waals surface area contributed by atoms with Crippen molar-refractivity contribution in [3.05, 3.63) is 0 Å². The van der Waals surface area contributed by atoms with Gasteiger partial charge in [-0.25, -0.2) is 0 Å². The van der Waals surface area contributed by atoms with E-state index < -0.39 is 5.60 Å².